The summed E-state index contributed by atoms with van der Waals surface area (Å²) in [6, 6.07) is 4.69. The van der Waals surface area contributed by atoms with E-state index in [2.05, 4.69) is 51.8 Å². The van der Waals surface area contributed by atoms with Crippen molar-refractivity contribution in [1.82, 2.24) is 76.3 Å². The number of primary amides is 2. The highest BCUT2D eigenvalue weighted by Gasteiger charge is 2.47. The molecule has 3 aliphatic rings. The monoisotopic (exact) mass is 1840 g/mol. The molecule has 0 spiro atoms. The number of phenols is 1. The average molecular weight is 1840 g/mol. The Morgan fingerprint density at radius 2 is 1.15 bits per heavy atom. The summed E-state index contributed by atoms with van der Waals surface area (Å²) in [4.78, 5) is 280. The van der Waals surface area contributed by atoms with Crippen molar-refractivity contribution >= 4 is 139 Å². The van der Waals surface area contributed by atoms with E-state index in [1.54, 1.807) is 60.9 Å². The van der Waals surface area contributed by atoms with Crippen LogP contribution >= 0.6 is 11.8 Å². The van der Waals surface area contributed by atoms with Crippen LogP contribution < -0.4 is 43.4 Å². The molecule has 0 saturated carbocycles. The van der Waals surface area contributed by atoms with Crippen LogP contribution in [0.25, 0.3) is 21.8 Å². The normalized spacial score (nSPS) is 25.4. The van der Waals surface area contributed by atoms with Gasteiger partial charge < -0.3 is 103 Å². The van der Waals surface area contributed by atoms with Gasteiger partial charge in [-0.1, -0.05) is 95.0 Å². The maximum absolute atomic E-state index is 15.7. The van der Waals surface area contributed by atoms with E-state index in [1.165, 1.54) is 81.6 Å². The van der Waals surface area contributed by atoms with Gasteiger partial charge >= 0.3 is 5.97 Å². The number of likely N-dealkylation sites (N-methyl/N-ethyl adjacent to an activating group) is 3. The second-order valence-corrected chi connectivity index (χ2v) is 35.3. The summed E-state index contributed by atoms with van der Waals surface area (Å²) in [7, 11) is 3.96. The molecule has 3 fully saturated rings. The number of nitrogens with zero attached hydrogens (tertiary/aromatic N) is 6. The first kappa shape index (κ1) is 102. The molecule has 3 saturated heterocycles. The Labute approximate surface area is 761 Å². The number of aliphatic hydroxyl groups is 2. The standard InChI is InChI=1S/C91H121N17O22S/c1-8-10-21-70-76(114)31-50(3)82(121)103-69(85(124)97-44-79(93)117)47-131-48-80(118)99-66(32-52-24-27-59(110)28-25-52)88(127)104(5)51(4)83(122)101-68(40-81(119)120)90(129)107-30-16-23-71(107)77(115)37-54(33-58-43-94-49-98-58)74(112)36-53(26-29-78(92)116)87(126)108-45-60(111)39-73(108)86(125)100-65(34-55-41-95-63-19-14-12-17-61(55)63)75(113)38-57(46-109)84(123)102-67(35-56-42-96-64-20-15-13-18-62(56)64)89(128)106(7)72(22-11-9-2)91(130)105(70)6/h12-15,17-20,24-25,27-28,41-43,49-51,53-54,57,60,65-73,95-96,109-111H,8-11,16,21-23,26,29-40,44-48H2,1-7H3,(H2,92,116)(H2,93,117)(H,94,98)(H,97,124)(H,99,118)(H,100,125)(H,101,122)(H,102,123)(H,103,121)(H,119,120)/t50-,51+,53-,54-,57+,60-,65+,66+,67+,68+,69+,70+,71+,72+,73+/m1/s1. The zero-order valence-corrected chi connectivity index (χ0v) is 75.5. The van der Waals surface area contributed by atoms with Crippen LogP contribution in [0.3, 0.4) is 0 Å². The van der Waals surface area contributed by atoms with Gasteiger partial charge in [-0.25, -0.2) is 4.98 Å². The van der Waals surface area contributed by atoms with E-state index in [1.807, 2.05) is 13.8 Å². The summed E-state index contributed by atoms with van der Waals surface area (Å²) in [5.74, 6) is -22.9. The number of carbonyl (C=O) groups is 18. The fraction of sp³-hybridized carbons (Fsp3) is 0.527. The Morgan fingerprint density at radius 1 is 0.565 bits per heavy atom. The number of aromatic nitrogens is 4. The number of imidazole rings is 1. The Bertz CT molecular complexity index is 5120. The molecule has 0 aliphatic carbocycles. The van der Waals surface area contributed by atoms with Crippen molar-refractivity contribution in [3.63, 3.8) is 0 Å². The number of H-pyrrole nitrogens is 3. The van der Waals surface area contributed by atoms with Gasteiger partial charge in [0, 0.05) is 162 Å². The molecule has 9 rings (SSSR count). The van der Waals surface area contributed by atoms with Gasteiger partial charge in [-0.2, -0.15) is 0 Å². The summed E-state index contributed by atoms with van der Waals surface area (Å²) in [5, 5.41) is 60.1. The number of thioether (sulfide) groups is 1. The Balaban J connectivity index is 1.08. The molecule has 17 N–H and O–H groups in total. The third kappa shape index (κ3) is 27.9. The molecule has 3 aromatic carbocycles. The van der Waals surface area contributed by atoms with Crippen LogP contribution in [0.4, 0.5) is 0 Å². The van der Waals surface area contributed by atoms with Crippen LogP contribution in [0.2, 0.25) is 0 Å². The first-order chi connectivity index (χ1) is 62.4. The van der Waals surface area contributed by atoms with Crippen molar-refractivity contribution in [2.24, 2.45) is 35.1 Å². The highest BCUT2D eigenvalue weighted by atomic mass is 32.2. The Morgan fingerprint density at radius 3 is 1.76 bits per heavy atom. The number of carboxylic acids is 1. The second-order valence-electron chi connectivity index (χ2n) is 34.2. The molecule has 40 heteroatoms. The van der Waals surface area contributed by atoms with E-state index < -0.39 is 273 Å². The maximum Gasteiger partial charge on any atom is 0.305 e. The number of aromatic amines is 3. The number of aromatic hydroxyl groups is 1. The number of rotatable bonds is 23. The zero-order valence-electron chi connectivity index (χ0n) is 74.7. The lowest BCUT2D eigenvalue weighted by Crippen LogP contribution is -2.58. The predicted molar refractivity (Wildman–Crippen MR) is 478 cm³/mol. The van der Waals surface area contributed by atoms with Crippen molar-refractivity contribution in [2.45, 2.75) is 223 Å². The van der Waals surface area contributed by atoms with Crippen LogP contribution in [-0.2, 0) is 112 Å². The molecule has 3 aromatic heterocycles. The molecule has 6 aromatic rings. The number of nitrogens with two attached hydrogens (primary N) is 2. The number of nitrogens with one attached hydrogen (secondary N) is 9. The molecular formula is C91H121N17O22S. The number of Topliss-reactive ketones (excluding diaryl/α,β-unsaturated/α-hetero) is 4. The SMILES string of the molecule is CCCC[C@H]1C(=O)N(C)[C@@H](CCCC)C(=O)C[C@@H](C)C(=O)N[C@H](C(=O)NCC(N)=O)CSCC(=O)N[C@@H](Cc2ccc(O)cc2)C(=O)N(C)[C@@H](C)C(=O)N[C@@H](CC(=O)O)C(=O)N2CCC[C@H]2C(=O)C[C@@H](Cc2cnc[nH]2)C(=O)C[C@@H](CCC(N)=O)C(=O)N2C[C@H](O)C[C@H]2C(=O)N[C@@H](Cc2c[nH]c3ccccc23)C(=O)C[C@@H](CO)C(=O)N[C@@H](Cc2c[nH]c3ccccc23)C(=O)N1C. The minimum atomic E-state index is -1.88. The van der Waals surface area contributed by atoms with Gasteiger partial charge in [0.25, 0.3) is 0 Å². The molecule has 39 nitrogen and oxygen atoms in total. The number of benzene rings is 3. The van der Waals surface area contributed by atoms with E-state index in [0.717, 1.165) is 26.5 Å². The molecule has 0 unspecified atom stereocenters. The topological polar surface area (TPSA) is 589 Å². The fourth-order valence-electron chi connectivity index (χ4n) is 17.0. The van der Waals surface area contributed by atoms with Gasteiger partial charge in [0.05, 0.1) is 61.8 Å². The first-order valence-electron chi connectivity index (χ1n) is 44.2. The smallest absolute Gasteiger partial charge is 0.305 e. The van der Waals surface area contributed by atoms with Crippen molar-refractivity contribution in [2.75, 3.05) is 58.9 Å². The quantitative estimate of drug-likeness (QED) is 0.0426. The second kappa shape index (κ2) is 48.3. The van der Waals surface area contributed by atoms with Crippen molar-refractivity contribution in [3.8, 4) is 5.75 Å². The Hall–Kier alpha value is -12.7. The molecule has 708 valence electrons. The van der Waals surface area contributed by atoms with Gasteiger partial charge in [-0.3, -0.25) is 86.3 Å². The number of hydrogen-bond donors (Lipinski definition) is 15. The van der Waals surface area contributed by atoms with Crippen molar-refractivity contribution in [1.29, 1.82) is 0 Å². The minimum Gasteiger partial charge on any atom is -0.508 e. The summed E-state index contributed by atoms with van der Waals surface area (Å²) in [6.45, 7) is 4.05. The van der Waals surface area contributed by atoms with Gasteiger partial charge in [0.15, 0.2) is 17.3 Å². The summed E-state index contributed by atoms with van der Waals surface area (Å²) in [6.07, 6.45) is 0.756. The van der Waals surface area contributed by atoms with Gasteiger partial charge in [0.2, 0.25) is 76.8 Å². The number of para-hydroxylation sites is 2. The van der Waals surface area contributed by atoms with Gasteiger partial charge in [-0.05, 0) is 86.4 Å². The Kier molecular flexibility index (Phi) is 37.6. The van der Waals surface area contributed by atoms with Crippen LogP contribution in [-0.4, -0.2) is 296 Å². The number of carboxylic acid groups (broad SMARTS) is 1. The number of phenolic OH excluding ortho intramolecular Hbond substituents is 1. The number of unbranched alkanes of at least 4 members (excludes halogenated alkanes) is 2. The number of aliphatic hydroxyl groups excluding tert-OH is 2. The lowest BCUT2D eigenvalue weighted by molar-refractivity contribution is -0.149. The predicted octanol–water partition coefficient (Wildman–Crippen LogP) is 1.01. The average Bonchev–Trinajstić information content (AvgIpc) is 1.62. The van der Waals surface area contributed by atoms with Crippen LogP contribution in [0, 0.1) is 23.7 Å². The molecular weight excluding hydrogens is 1720 g/mol. The van der Waals surface area contributed by atoms with Crippen LogP contribution in [0.15, 0.2) is 97.7 Å². The first-order valence-corrected chi connectivity index (χ1v) is 45.4. The lowest BCUT2D eigenvalue weighted by atomic mass is 9.84. The van der Waals surface area contributed by atoms with Gasteiger partial charge in [-0.15, -0.1) is 11.8 Å². The van der Waals surface area contributed by atoms with E-state index in [0.29, 0.717) is 69.9 Å². The molecule has 15 atom stereocenters. The number of amides is 13. The number of ketones is 4. The number of aliphatic carboxylic acids is 1. The van der Waals surface area contributed by atoms with Crippen LogP contribution in [0.1, 0.15) is 153 Å². The number of hydrogen-bond acceptors (Lipinski definition) is 23. The minimum absolute atomic E-state index is 0.00238. The highest BCUT2D eigenvalue weighted by Crippen LogP contribution is 2.32. The summed E-state index contributed by atoms with van der Waals surface area (Å²) >= 11 is 0.790. The third-order valence-electron chi connectivity index (χ3n) is 24.6. The van der Waals surface area contributed by atoms with Gasteiger partial charge in [0.1, 0.15) is 53.8 Å². The van der Waals surface area contributed by atoms with Crippen molar-refractivity contribution in [3.05, 3.63) is 120 Å². The highest BCUT2D eigenvalue weighted by molar-refractivity contribution is 8.00. The van der Waals surface area contributed by atoms with E-state index >= 15 is 33.6 Å². The summed E-state index contributed by atoms with van der Waals surface area (Å²) in [5.41, 5.74) is 14.2. The number of fused-ring (bicyclic) bond motifs is 4. The molecule has 0 bridgehead atoms. The van der Waals surface area contributed by atoms with E-state index in [9.17, 15) is 73.2 Å². The van der Waals surface area contributed by atoms with Crippen LogP contribution in [0.5, 0.6) is 5.75 Å². The van der Waals surface area contributed by atoms with Crippen molar-refractivity contribution < 1.29 is 107 Å². The summed E-state index contributed by atoms with van der Waals surface area (Å²) < 4.78 is 0. The molecule has 131 heavy (non-hydrogen) atoms. The molecule has 13 amide bonds. The largest absolute Gasteiger partial charge is 0.508 e. The molecule has 6 heterocycles. The molecule has 3 aliphatic heterocycles. The van der Waals surface area contributed by atoms with E-state index in [-0.39, 0.29) is 69.4 Å². The number of carbonyl (C=O) groups excluding carboxylic acids is 17. The zero-order chi connectivity index (χ0) is 95.6. The third-order valence-corrected chi connectivity index (χ3v) is 25.6. The molecule has 0 radical (unpaired) electrons. The lowest BCUT2D eigenvalue weighted by Gasteiger charge is -2.36. The van der Waals surface area contributed by atoms with E-state index in [4.69, 9.17) is 11.5 Å². The maximum atomic E-state index is 15.7. The fourth-order valence-corrected chi connectivity index (χ4v) is 17.8.